The Labute approximate surface area is 108 Å². The smallest absolute Gasteiger partial charge is 0.239 e. The van der Waals surface area contributed by atoms with Gasteiger partial charge in [-0.15, -0.1) is 0 Å². The fraction of sp³-hybridized carbons (Fsp3) is 0.667. The summed E-state index contributed by atoms with van der Waals surface area (Å²) in [6, 6.07) is 1.94. The zero-order valence-electron chi connectivity index (χ0n) is 11.1. The number of nitrogen functional groups attached to an aromatic ring is 1. The second kappa shape index (κ2) is 5.97. The molecule has 1 aromatic heterocycles. The molecule has 3 N–H and O–H groups in total. The highest BCUT2D eigenvalue weighted by Gasteiger charge is 2.20. The first kappa shape index (κ1) is 13.0. The van der Waals surface area contributed by atoms with Crippen LogP contribution in [0.25, 0.3) is 0 Å². The van der Waals surface area contributed by atoms with Gasteiger partial charge in [0.1, 0.15) is 5.82 Å². The Bertz CT molecular complexity index is 373. The molecule has 6 heteroatoms. The average molecular weight is 250 g/mol. The number of hydrogen-bond donors (Lipinski definition) is 2. The van der Waals surface area contributed by atoms with Gasteiger partial charge in [-0.05, 0) is 38.9 Å². The molecule has 0 radical (unpaired) electrons. The summed E-state index contributed by atoms with van der Waals surface area (Å²) in [7, 11) is 4.27. The Balaban J connectivity index is 1.92. The second-order valence-corrected chi connectivity index (χ2v) is 5.08. The van der Waals surface area contributed by atoms with Crippen molar-refractivity contribution < 1.29 is 0 Å². The molecule has 2 rings (SSSR count). The van der Waals surface area contributed by atoms with E-state index in [0.29, 0.717) is 5.95 Å². The van der Waals surface area contributed by atoms with Crippen molar-refractivity contribution in [1.82, 2.24) is 14.9 Å². The largest absolute Gasteiger partial charge is 0.356 e. The van der Waals surface area contributed by atoms with Gasteiger partial charge in [-0.1, -0.05) is 0 Å². The van der Waals surface area contributed by atoms with Crippen LogP contribution in [0.5, 0.6) is 0 Å². The number of piperidine rings is 1. The molecule has 0 amide bonds. The van der Waals surface area contributed by atoms with E-state index >= 15 is 0 Å². The lowest BCUT2D eigenvalue weighted by molar-refractivity contribution is 0.284. The van der Waals surface area contributed by atoms with E-state index in [1.54, 1.807) is 6.20 Å². The zero-order valence-corrected chi connectivity index (χ0v) is 11.1. The van der Waals surface area contributed by atoms with E-state index in [9.17, 15) is 0 Å². The third-order valence-corrected chi connectivity index (χ3v) is 3.33. The van der Waals surface area contributed by atoms with Crippen LogP contribution in [0.2, 0.25) is 0 Å². The van der Waals surface area contributed by atoms with Gasteiger partial charge in [0.15, 0.2) is 0 Å². The molecule has 1 aliphatic heterocycles. The molecule has 0 aliphatic carbocycles. The topological polar surface area (TPSA) is 70.3 Å². The van der Waals surface area contributed by atoms with Crippen molar-refractivity contribution in [3.05, 3.63) is 12.3 Å². The highest BCUT2D eigenvalue weighted by Crippen LogP contribution is 2.22. The number of hydrazine groups is 1. The van der Waals surface area contributed by atoms with Gasteiger partial charge in [-0.25, -0.2) is 10.8 Å². The van der Waals surface area contributed by atoms with Gasteiger partial charge in [0.25, 0.3) is 0 Å². The van der Waals surface area contributed by atoms with E-state index in [4.69, 9.17) is 5.84 Å². The number of rotatable bonds is 4. The van der Waals surface area contributed by atoms with Gasteiger partial charge < -0.3 is 9.80 Å². The van der Waals surface area contributed by atoms with Gasteiger partial charge in [-0.3, -0.25) is 5.43 Å². The van der Waals surface area contributed by atoms with Crippen molar-refractivity contribution in [2.75, 3.05) is 44.1 Å². The molecule has 0 unspecified atom stereocenters. The van der Waals surface area contributed by atoms with Crippen LogP contribution in [0.3, 0.4) is 0 Å². The van der Waals surface area contributed by atoms with E-state index in [0.717, 1.165) is 24.8 Å². The van der Waals surface area contributed by atoms with Crippen LogP contribution in [-0.2, 0) is 0 Å². The van der Waals surface area contributed by atoms with E-state index in [2.05, 4.69) is 39.3 Å². The summed E-state index contributed by atoms with van der Waals surface area (Å²) in [5, 5.41) is 0. The fourth-order valence-electron chi connectivity index (χ4n) is 2.46. The van der Waals surface area contributed by atoms with Gasteiger partial charge in [0.2, 0.25) is 5.95 Å². The normalized spacial score (nSPS) is 17.2. The lowest BCUT2D eigenvalue weighted by Crippen LogP contribution is -2.37. The molecule has 1 saturated heterocycles. The highest BCUT2D eigenvalue weighted by molar-refractivity contribution is 5.42. The average Bonchev–Trinajstić information content (AvgIpc) is 2.39. The second-order valence-electron chi connectivity index (χ2n) is 5.08. The van der Waals surface area contributed by atoms with Crippen LogP contribution in [0.15, 0.2) is 12.3 Å². The molecule has 2 heterocycles. The molecule has 0 aromatic carbocycles. The molecule has 1 fully saturated rings. The summed E-state index contributed by atoms with van der Waals surface area (Å²) >= 11 is 0. The van der Waals surface area contributed by atoms with Crippen LogP contribution in [0.1, 0.15) is 12.8 Å². The predicted molar refractivity (Wildman–Crippen MR) is 73.3 cm³/mol. The number of nitrogens with one attached hydrogen (secondary N) is 1. The third-order valence-electron chi connectivity index (χ3n) is 3.33. The van der Waals surface area contributed by atoms with Gasteiger partial charge >= 0.3 is 0 Å². The first-order valence-corrected chi connectivity index (χ1v) is 6.38. The SMILES string of the molecule is CN(C)CC1CCN(c2ccnc(NN)n2)CC1. The number of hydrogen-bond acceptors (Lipinski definition) is 6. The maximum Gasteiger partial charge on any atom is 0.239 e. The number of aromatic nitrogens is 2. The summed E-state index contributed by atoms with van der Waals surface area (Å²) < 4.78 is 0. The molecule has 1 aromatic rings. The number of nitrogens with two attached hydrogens (primary N) is 1. The van der Waals surface area contributed by atoms with Gasteiger partial charge in [0, 0.05) is 25.8 Å². The van der Waals surface area contributed by atoms with Crippen LogP contribution >= 0.6 is 0 Å². The Hall–Kier alpha value is -1.40. The number of nitrogens with zero attached hydrogens (tertiary/aromatic N) is 4. The van der Waals surface area contributed by atoms with Crippen LogP contribution in [-0.4, -0.2) is 48.6 Å². The summed E-state index contributed by atoms with van der Waals surface area (Å²) in [6.45, 7) is 3.28. The highest BCUT2D eigenvalue weighted by atomic mass is 15.3. The maximum atomic E-state index is 5.33. The molecule has 0 atom stereocenters. The molecule has 6 nitrogen and oxygen atoms in total. The van der Waals surface area contributed by atoms with Crippen LogP contribution < -0.4 is 16.2 Å². The van der Waals surface area contributed by atoms with Crippen molar-refractivity contribution in [2.24, 2.45) is 11.8 Å². The summed E-state index contributed by atoms with van der Waals surface area (Å²) in [5.41, 5.74) is 2.49. The summed E-state index contributed by atoms with van der Waals surface area (Å²) in [4.78, 5) is 13.0. The minimum absolute atomic E-state index is 0.475. The predicted octanol–water partition coefficient (Wildman–Crippen LogP) is 0.540. The minimum atomic E-state index is 0.475. The zero-order chi connectivity index (χ0) is 13.0. The molecule has 0 saturated carbocycles. The van der Waals surface area contributed by atoms with Crippen molar-refractivity contribution in [3.63, 3.8) is 0 Å². The Morgan fingerprint density at radius 3 is 2.78 bits per heavy atom. The monoisotopic (exact) mass is 250 g/mol. The van der Waals surface area contributed by atoms with Crippen molar-refractivity contribution in [1.29, 1.82) is 0 Å². The molecule has 1 aliphatic rings. The van der Waals surface area contributed by atoms with Crippen LogP contribution in [0.4, 0.5) is 11.8 Å². The van der Waals surface area contributed by atoms with E-state index < -0.39 is 0 Å². The Morgan fingerprint density at radius 1 is 1.44 bits per heavy atom. The van der Waals surface area contributed by atoms with Crippen molar-refractivity contribution in [2.45, 2.75) is 12.8 Å². The van der Waals surface area contributed by atoms with Crippen molar-refractivity contribution >= 4 is 11.8 Å². The molecule has 18 heavy (non-hydrogen) atoms. The van der Waals surface area contributed by atoms with E-state index in [-0.39, 0.29) is 0 Å². The Kier molecular flexibility index (Phi) is 4.33. The number of anilines is 2. The van der Waals surface area contributed by atoms with Crippen molar-refractivity contribution in [3.8, 4) is 0 Å². The van der Waals surface area contributed by atoms with Crippen LogP contribution in [0, 0.1) is 5.92 Å². The molecule has 0 spiro atoms. The minimum Gasteiger partial charge on any atom is -0.356 e. The molecular formula is C12H22N6. The van der Waals surface area contributed by atoms with Gasteiger partial charge in [0.05, 0.1) is 0 Å². The lowest BCUT2D eigenvalue weighted by atomic mass is 9.96. The molecular weight excluding hydrogens is 228 g/mol. The lowest BCUT2D eigenvalue weighted by Gasteiger charge is -2.33. The quantitative estimate of drug-likeness (QED) is 0.600. The fourth-order valence-corrected chi connectivity index (χ4v) is 2.46. The third kappa shape index (κ3) is 3.30. The first-order chi connectivity index (χ1) is 8.69. The van der Waals surface area contributed by atoms with E-state index in [1.165, 1.54) is 19.4 Å². The van der Waals surface area contributed by atoms with E-state index in [1.807, 2.05) is 6.07 Å². The maximum absolute atomic E-state index is 5.33. The standard InChI is InChI=1S/C12H22N6/c1-17(2)9-10-4-7-18(8-5-10)11-3-6-14-12(15-11)16-13/h3,6,10H,4-5,7-9,13H2,1-2H3,(H,14,15,16). The summed E-state index contributed by atoms with van der Waals surface area (Å²) in [5.74, 6) is 7.56. The van der Waals surface area contributed by atoms with Gasteiger partial charge in [-0.2, -0.15) is 4.98 Å². The Morgan fingerprint density at radius 2 is 2.17 bits per heavy atom. The molecule has 100 valence electrons. The summed E-state index contributed by atoms with van der Waals surface area (Å²) in [6.07, 6.45) is 4.17. The first-order valence-electron chi connectivity index (χ1n) is 6.38. The molecule has 0 bridgehead atoms.